The summed E-state index contributed by atoms with van der Waals surface area (Å²) in [4.78, 5) is 15.9. The number of carboxylic acids is 1. The summed E-state index contributed by atoms with van der Waals surface area (Å²) in [5, 5.41) is 18.3. The van der Waals surface area contributed by atoms with Crippen molar-refractivity contribution in [3.63, 3.8) is 0 Å². The van der Waals surface area contributed by atoms with Gasteiger partial charge in [-0.05, 0) is 18.6 Å². The van der Waals surface area contributed by atoms with Crippen LogP contribution >= 0.6 is 0 Å². The highest BCUT2D eigenvalue weighted by Crippen LogP contribution is 2.28. The SMILES string of the molecule is CC(C)(C)c1nc2c(C(=O)O)cccc2n1CCCO. The summed E-state index contributed by atoms with van der Waals surface area (Å²) in [7, 11) is 0. The smallest absolute Gasteiger partial charge is 0.337 e. The standard InChI is InChI=1S/C15H20N2O3/c1-15(2,3)14-16-12-10(13(19)20)6-4-7-11(12)17(14)8-5-9-18/h4,6-7,18H,5,8-9H2,1-3H3,(H,19,20). The van der Waals surface area contributed by atoms with Gasteiger partial charge in [0.05, 0.1) is 11.1 Å². The van der Waals surface area contributed by atoms with Gasteiger partial charge in [-0.3, -0.25) is 0 Å². The Morgan fingerprint density at radius 3 is 2.60 bits per heavy atom. The number of nitrogens with zero attached hydrogens (tertiary/aromatic N) is 2. The first-order valence-electron chi connectivity index (χ1n) is 6.70. The van der Waals surface area contributed by atoms with Gasteiger partial charge in [-0.2, -0.15) is 0 Å². The molecule has 0 radical (unpaired) electrons. The Balaban J connectivity index is 2.71. The number of carboxylic acid groups (broad SMARTS) is 1. The minimum atomic E-state index is -0.970. The molecule has 1 aromatic heterocycles. The van der Waals surface area contributed by atoms with Crippen molar-refractivity contribution in [2.45, 2.75) is 39.2 Å². The summed E-state index contributed by atoms with van der Waals surface area (Å²) in [5.74, 6) is -0.127. The van der Waals surface area contributed by atoms with Crippen molar-refractivity contribution in [2.75, 3.05) is 6.61 Å². The number of aromatic carboxylic acids is 1. The van der Waals surface area contributed by atoms with Gasteiger partial charge < -0.3 is 14.8 Å². The molecule has 0 atom stereocenters. The van der Waals surface area contributed by atoms with Crippen molar-refractivity contribution in [3.05, 3.63) is 29.6 Å². The highest BCUT2D eigenvalue weighted by Gasteiger charge is 2.24. The molecule has 0 aliphatic heterocycles. The van der Waals surface area contributed by atoms with Gasteiger partial charge in [0.2, 0.25) is 0 Å². The summed E-state index contributed by atoms with van der Waals surface area (Å²) in [6, 6.07) is 5.18. The topological polar surface area (TPSA) is 75.3 Å². The molecule has 0 fully saturated rings. The van der Waals surface area contributed by atoms with Crippen LogP contribution in [0.2, 0.25) is 0 Å². The van der Waals surface area contributed by atoms with Crippen LogP contribution in [-0.4, -0.2) is 32.3 Å². The van der Waals surface area contributed by atoms with Gasteiger partial charge in [0.15, 0.2) is 0 Å². The second-order valence-corrected chi connectivity index (χ2v) is 5.89. The average Bonchev–Trinajstić information content (AvgIpc) is 2.74. The Kier molecular flexibility index (Phi) is 3.81. The molecule has 1 aromatic carbocycles. The van der Waals surface area contributed by atoms with E-state index in [-0.39, 0.29) is 17.6 Å². The molecule has 5 heteroatoms. The Morgan fingerprint density at radius 1 is 1.35 bits per heavy atom. The van der Waals surface area contributed by atoms with Crippen LogP contribution in [0.25, 0.3) is 11.0 Å². The third-order valence-electron chi connectivity index (χ3n) is 3.22. The second-order valence-electron chi connectivity index (χ2n) is 5.89. The van der Waals surface area contributed by atoms with Gasteiger partial charge in [0.25, 0.3) is 0 Å². The van der Waals surface area contributed by atoms with Crippen LogP contribution in [0, 0.1) is 0 Å². The van der Waals surface area contributed by atoms with E-state index in [9.17, 15) is 9.90 Å². The lowest BCUT2D eigenvalue weighted by Gasteiger charge is -2.20. The molecule has 0 unspecified atom stereocenters. The maximum Gasteiger partial charge on any atom is 0.337 e. The molecule has 2 N–H and O–H groups in total. The first-order chi connectivity index (χ1) is 9.36. The van der Waals surface area contributed by atoms with Gasteiger partial charge in [0.1, 0.15) is 11.3 Å². The van der Waals surface area contributed by atoms with Gasteiger partial charge in [-0.25, -0.2) is 9.78 Å². The Labute approximate surface area is 117 Å². The predicted molar refractivity (Wildman–Crippen MR) is 77.1 cm³/mol. The van der Waals surface area contributed by atoms with Crippen LogP contribution < -0.4 is 0 Å². The summed E-state index contributed by atoms with van der Waals surface area (Å²) in [6.07, 6.45) is 0.617. The number of aliphatic hydroxyl groups excluding tert-OH is 1. The number of aromatic nitrogens is 2. The van der Waals surface area contributed by atoms with Gasteiger partial charge in [-0.1, -0.05) is 26.8 Å². The number of aryl methyl sites for hydroxylation is 1. The number of imidazole rings is 1. The number of aliphatic hydroxyl groups is 1. The number of fused-ring (bicyclic) bond motifs is 1. The molecule has 0 amide bonds. The molecular weight excluding hydrogens is 256 g/mol. The number of rotatable bonds is 4. The Hall–Kier alpha value is -1.88. The lowest BCUT2D eigenvalue weighted by atomic mass is 9.95. The lowest BCUT2D eigenvalue weighted by molar-refractivity contribution is 0.0699. The Morgan fingerprint density at radius 2 is 2.05 bits per heavy atom. The summed E-state index contributed by atoms with van der Waals surface area (Å²) >= 11 is 0. The average molecular weight is 276 g/mol. The monoisotopic (exact) mass is 276 g/mol. The predicted octanol–water partition coefficient (Wildman–Crippen LogP) is 2.41. The van der Waals surface area contributed by atoms with Crippen molar-refractivity contribution < 1.29 is 15.0 Å². The zero-order valence-corrected chi connectivity index (χ0v) is 12.1. The van der Waals surface area contributed by atoms with Crippen LogP contribution in [0.1, 0.15) is 43.4 Å². The molecule has 0 bridgehead atoms. The first kappa shape index (κ1) is 14.5. The van der Waals surface area contributed by atoms with Crippen LogP contribution in [0.3, 0.4) is 0 Å². The van der Waals surface area contributed by atoms with Crippen molar-refractivity contribution in [1.29, 1.82) is 0 Å². The zero-order chi connectivity index (χ0) is 14.9. The number of hydrogen-bond acceptors (Lipinski definition) is 3. The van der Waals surface area contributed by atoms with Crippen LogP contribution in [0.5, 0.6) is 0 Å². The van der Waals surface area contributed by atoms with Crippen molar-refractivity contribution in [3.8, 4) is 0 Å². The van der Waals surface area contributed by atoms with E-state index >= 15 is 0 Å². The number of benzene rings is 1. The normalized spacial score (nSPS) is 12.0. The van der Waals surface area contributed by atoms with E-state index in [2.05, 4.69) is 4.98 Å². The van der Waals surface area contributed by atoms with Crippen molar-refractivity contribution >= 4 is 17.0 Å². The highest BCUT2D eigenvalue weighted by molar-refractivity contribution is 6.01. The zero-order valence-electron chi connectivity index (χ0n) is 12.1. The fourth-order valence-corrected chi connectivity index (χ4v) is 2.35. The molecule has 0 aliphatic rings. The maximum atomic E-state index is 11.3. The van der Waals surface area contributed by atoms with Crippen LogP contribution in [-0.2, 0) is 12.0 Å². The molecule has 1 heterocycles. The highest BCUT2D eigenvalue weighted by atomic mass is 16.4. The van der Waals surface area contributed by atoms with E-state index in [1.807, 2.05) is 31.4 Å². The third kappa shape index (κ3) is 2.54. The van der Waals surface area contributed by atoms with Crippen molar-refractivity contribution in [2.24, 2.45) is 0 Å². The third-order valence-corrected chi connectivity index (χ3v) is 3.22. The molecular formula is C15H20N2O3. The quantitative estimate of drug-likeness (QED) is 0.899. The number of hydrogen-bond donors (Lipinski definition) is 2. The second kappa shape index (κ2) is 5.25. The van der Waals surface area contributed by atoms with E-state index in [1.54, 1.807) is 12.1 Å². The first-order valence-corrected chi connectivity index (χ1v) is 6.70. The van der Waals surface area contributed by atoms with E-state index in [0.29, 0.717) is 18.5 Å². The minimum Gasteiger partial charge on any atom is -0.478 e. The molecule has 0 aliphatic carbocycles. The lowest BCUT2D eigenvalue weighted by Crippen LogP contribution is -2.19. The fourth-order valence-electron chi connectivity index (χ4n) is 2.35. The summed E-state index contributed by atoms with van der Waals surface area (Å²) in [6.45, 7) is 6.86. The molecule has 20 heavy (non-hydrogen) atoms. The molecule has 2 rings (SSSR count). The summed E-state index contributed by atoms with van der Waals surface area (Å²) < 4.78 is 2.01. The van der Waals surface area contributed by atoms with Gasteiger partial charge >= 0.3 is 5.97 Å². The molecule has 2 aromatic rings. The molecule has 0 saturated heterocycles. The molecule has 0 spiro atoms. The minimum absolute atomic E-state index is 0.0991. The van der Waals surface area contributed by atoms with E-state index in [0.717, 1.165) is 11.3 Å². The van der Waals surface area contributed by atoms with Crippen LogP contribution in [0.4, 0.5) is 0 Å². The maximum absolute atomic E-state index is 11.3. The van der Waals surface area contributed by atoms with Gasteiger partial charge in [0, 0.05) is 18.6 Å². The number of carbonyl (C=O) groups is 1. The number of para-hydroxylation sites is 1. The largest absolute Gasteiger partial charge is 0.478 e. The molecule has 0 saturated carbocycles. The van der Waals surface area contributed by atoms with Crippen LogP contribution in [0.15, 0.2) is 18.2 Å². The molecule has 108 valence electrons. The van der Waals surface area contributed by atoms with E-state index < -0.39 is 5.97 Å². The molecule has 5 nitrogen and oxygen atoms in total. The van der Waals surface area contributed by atoms with Gasteiger partial charge in [-0.15, -0.1) is 0 Å². The summed E-state index contributed by atoms with van der Waals surface area (Å²) in [5.41, 5.74) is 1.35. The fraction of sp³-hybridized carbons (Fsp3) is 0.467. The van der Waals surface area contributed by atoms with E-state index in [4.69, 9.17) is 5.11 Å². The van der Waals surface area contributed by atoms with Crippen molar-refractivity contribution in [1.82, 2.24) is 9.55 Å². The van der Waals surface area contributed by atoms with E-state index in [1.165, 1.54) is 0 Å². The Bertz CT molecular complexity index is 638.